The summed E-state index contributed by atoms with van der Waals surface area (Å²) in [5.41, 5.74) is 1.59. The van der Waals surface area contributed by atoms with Crippen LogP contribution in [-0.4, -0.2) is 49.0 Å². The minimum Gasteiger partial charge on any atom is -0.496 e. The molecule has 1 aromatic heterocycles. The molecule has 1 amide bonds. The van der Waals surface area contributed by atoms with Crippen molar-refractivity contribution in [2.24, 2.45) is 5.92 Å². The van der Waals surface area contributed by atoms with E-state index in [0.717, 1.165) is 5.56 Å². The van der Waals surface area contributed by atoms with Crippen molar-refractivity contribution in [1.82, 2.24) is 14.5 Å². The molecule has 168 valence electrons. The van der Waals surface area contributed by atoms with Gasteiger partial charge in [0.05, 0.1) is 23.5 Å². The summed E-state index contributed by atoms with van der Waals surface area (Å²) < 4.78 is 38.2. The number of carbonyl (C=O) groups excluding carboxylic acids is 1. The number of methoxy groups -OCH3 is 1. The molecule has 3 aromatic rings. The largest absolute Gasteiger partial charge is 0.496 e. The van der Waals surface area contributed by atoms with Crippen molar-refractivity contribution in [3.63, 3.8) is 0 Å². The molecule has 1 aliphatic heterocycles. The summed E-state index contributed by atoms with van der Waals surface area (Å²) in [5, 5.41) is 10.5. The average molecular weight is 457 g/mol. The summed E-state index contributed by atoms with van der Waals surface area (Å²) in [5.74, 6) is -0.0992. The van der Waals surface area contributed by atoms with E-state index in [2.05, 4.69) is 15.5 Å². The highest BCUT2D eigenvalue weighted by Gasteiger charge is 2.33. The van der Waals surface area contributed by atoms with Crippen LogP contribution in [0.3, 0.4) is 0 Å². The lowest BCUT2D eigenvalue weighted by molar-refractivity contribution is -0.121. The number of ether oxygens (including phenoxy) is 1. The van der Waals surface area contributed by atoms with Crippen LogP contribution in [0.15, 0.2) is 57.8 Å². The third-order valence-electron chi connectivity index (χ3n) is 5.41. The summed E-state index contributed by atoms with van der Waals surface area (Å²) in [6.07, 6.45) is 1.15. The SMILES string of the molecule is COc1ccccc1-c1nnc(NC(=O)C2CCCN(S(=O)(=O)c3ccc(C)cc3)C2)o1. The number of hydrogen-bond donors (Lipinski definition) is 1. The number of para-hydroxylation sites is 1. The van der Waals surface area contributed by atoms with Crippen LogP contribution in [0, 0.1) is 12.8 Å². The highest BCUT2D eigenvalue weighted by atomic mass is 32.2. The molecule has 1 aliphatic rings. The second kappa shape index (κ2) is 9.09. The fourth-order valence-corrected chi connectivity index (χ4v) is 5.17. The molecule has 4 rings (SSSR count). The Morgan fingerprint density at radius 2 is 1.91 bits per heavy atom. The average Bonchev–Trinajstić information content (AvgIpc) is 3.27. The van der Waals surface area contributed by atoms with Crippen LogP contribution >= 0.6 is 0 Å². The monoisotopic (exact) mass is 456 g/mol. The van der Waals surface area contributed by atoms with Crippen molar-refractivity contribution in [2.75, 3.05) is 25.5 Å². The van der Waals surface area contributed by atoms with E-state index in [1.807, 2.05) is 19.1 Å². The van der Waals surface area contributed by atoms with Gasteiger partial charge in [0.2, 0.25) is 15.9 Å². The Balaban J connectivity index is 1.45. The molecule has 1 N–H and O–H groups in total. The molecule has 0 radical (unpaired) electrons. The summed E-state index contributed by atoms with van der Waals surface area (Å²) in [6, 6.07) is 13.8. The lowest BCUT2D eigenvalue weighted by Crippen LogP contribution is -2.43. The first-order chi connectivity index (χ1) is 15.4. The highest BCUT2D eigenvalue weighted by Crippen LogP contribution is 2.30. The van der Waals surface area contributed by atoms with E-state index in [0.29, 0.717) is 30.7 Å². The van der Waals surface area contributed by atoms with E-state index in [1.165, 1.54) is 11.4 Å². The van der Waals surface area contributed by atoms with Crippen molar-refractivity contribution in [2.45, 2.75) is 24.7 Å². The summed E-state index contributed by atoms with van der Waals surface area (Å²) in [7, 11) is -2.13. The fraction of sp³-hybridized carbons (Fsp3) is 0.318. The smallest absolute Gasteiger partial charge is 0.322 e. The lowest BCUT2D eigenvalue weighted by Gasteiger charge is -2.30. The van der Waals surface area contributed by atoms with Crippen molar-refractivity contribution in [3.05, 3.63) is 54.1 Å². The highest BCUT2D eigenvalue weighted by molar-refractivity contribution is 7.89. The Morgan fingerprint density at radius 1 is 1.16 bits per heavy atom. The van der Waals surface area contributed by atoms with Gasteiger partial charge < -0.3 is 9.15 Å². The van der Waals surface area contributed by atoms with Crippen LogP contribution < -0.4 is 10.1 Å². The van der Waals surface area contributed by atoms with Crippen LogP contribution in [0.5, 0.6) is 5.75 Å². The molecule has 32 heavy (non-hydrogen) atoms. The predicted octanol–water partition coefficient (Wildman–Crippen LogP) is 3.09. The van der Waals surface area contributed by atoms with Gasteiger partial charge in [-0.15, -0.1) is 5.10 Å². The summed E-state index contributed by atoms with van der Waals surface area (Å²) in [6.45, 7) is 2.36. The Labute approximate surface area is 186 Å². The van der Waals surface area contributed by atoms with E-state index < -0.39 is 15.9 Å². The van der Waals surface area contributed by atoms with Gasteiger partial charge in [-0.25, -0.2) is 8.42 Å². The number of nitrogens with zero attached hydrogens (tertiary/aromatic N) is 3. The standard InChI is InChI=1S/C22H24N4O5S/c1-15-9-11-17(12-10-15)32(28,29)26-13-5-6-16(14-26)20(27)23-22-25-24-21(31-22)18-7-3-4-8-19(18)30-2/h3-4,7-12,16H,5-6,13-14H2,1-2H3,(H,23,25,27). The summed E-state index contributed by atoms with van der Waals surface area (Å²) >= 11 is 0. The van der Waals surface area contributed by atoms with Gasteiger partial charge in [-0.2, -0.15) is 4.31 Å². The topological polar surface area (TPSA) is 115 Å². The van der Waals surface area contributed by atoms with Crippen molar-refractivity contribution in [3.8, 4) is 17.2 Å². The number of sulfonamides is 1. The van der Waals surface area contributed by atoms with Gasteiger partial charge in [0.15, 0.2) is 0 Å². The molecule has 10 heteroatoms. The Hall–Kier alpha value is -3.24. The number of piperidine rings is 1. The third kappa shape index (κ3) is 4.51. The Morgan fingerprint density at radius 3 is 2.66 bits per heavy atom. The van der Waals surface area contributed by atoms with Gasteiger partial charge in [0.25, 0.3) is 5.89 Å². The zero-order valence-electron chi connectivity index (χ0n) is 17.8. The maximum Gasteiger partial charge on any atom is 0.322 e. The molecule has 1 fully saturated rings. The number of hydrogen-bond acceptors (Lipinski definition) is 7. The molecule has 2 heterocycles. The Kier molecular flexibility index (Phi) is 6.24. The van der Waals surface area contributed by atoms with Crippen molar-refractivity contribution >= 4 is 21.9 Å². The number of aryl methyl sites for hydroxylation is 1. The number of carbonyl (C=O) groups is 1. The molecular weight excluding hydrogens is 432 g/mol. The maximum atomic E-state index is 13.0. The number of aromatic nitrogens is 2. The third-order valence-corrected chi connectivity index (χ3v) is 7.29. The van der Waals surface area contributed by atoms with Crippen LogP contribution in [0.2, 0.25) is 0 Å². The molecule has 0 saturated carbocycles. The molecule has 0 spiro atoms. The van der Waals surface area contributed by atoms with Gasteiger partial charge in [-0.05, 0) is 44.0 Å². The quantitative estimate of drug-likeness (QED) is 0.606. The molecule has 1 atom stereocenters. The molecule has 1 unspecified atom stereocenters. The number of amides is 1. The maximum absolute atomic E-state index is 13.0. The van der Waals surface area contributed by atoms with Crippen LogP contribution in [0.4, 0.5) is 6.01 Å². The first-order valence-electron chi connectivity index (χ1n) is 10.2. The van der Waals surface area contributed by atoms with Crippen LogP contribution in [-0.2, 0) is 14.8 Å². The zero-order valence-corrected chi connectivity index (χ0v) is 18.6. The number of rotatable bonds is 6. The molecule has 1 saturated heterocycles. The Bertz CT molecular complexity index is 1210. The fourth-order valence-electron chi connectivity index (χ4n) is 3.65. The first-order valence-corrected chi connectivity index (χ1v) is 11.7. The van der Waals surface area contributed by atoms with Crippen LogP contribution in [0.1, 0.15) is 18.4 Å². The van der Waals surface area contributed by atoms with Gasteiger partial charge in [0.1, 0.15) is 5.75 Å². The lowest BCUT2D eigenvalue weighted by atomic mass is 9.99. The van der Waals surface area contributed by atoms with Gasteiger partial charge >= 0.3 is 6.01 Å². The van der Waals surface area contributed by atoms with Gasteiger partial charge in [-0.3, -0.25) is 10.1 Å². The van der Waals surface area contributed by atoms with E-state index in [1.54, 1.807) is 36.4 Å². The van der Waals surface area contributed by atoms with E-state index in [9.17, 15) is 13.2 Å². The zero-order chi connectivity index (χ0) is 22.7. The van der Waals surface area contributed by atoms with E-state index in [4.69, 9.17) is 9.15 Å². The van der Waals surface area contributed by atoms with E-state index >= 15 is 0 Å². The van der Waals surface area contributed by atoms with E-state index in [-0.39, 0.29) is 29.3 Å². The number of nitrogens with one attached hydrogen (secondary N) is 1. The second-order valence-electron chi connectivity index (χ2n) is 7.62. The number of anilines is 1. The predicted molar refractivity (Wildman–Crippen MR) is 118 cm³/mol. The molecule has 0 bridgehead atoms. The van der Waals surface area contributed by atoms with Crippen LogP contribution in [0.25, 0.3) is 11.5 Å². The minimum absolute atomic E-state index is 0.0468. The molecule has 0 aliphatic carbocycles. The minimum atomic E-state index is -3.67. The second-order valence-corrected chi connectivity index (χ2v) is 9.56. The van der Waals surface area contributed by atoms with Crippen molar-refractivity contribution in [1.29, 1.82) is 0 Å². The summed E-state index contributed by atoms with van der Waals surface area (Å²) in [4.78, 5) is 13.0. The van der Waals surface area contributed by atoms with Crippen molar-refractivity contribution < 1.29 is 22.4 Å². The molecule has 9 nitrogen and oxygen atoms in total. The van der Waals surface area contributed by atoms with Gasteiger partial charge in [0, 0.05) is 13.1 Å². The number of benzene rings is 2. The molecular formula is C22H24N4O5S. The molecule has 2 aromatic carbocycles. The van der Waals surface area contributed by atoms with Gasteiger partial charge in [-0.1, -0.05) is 34.9 Å². The normalized spacial score (nSPS) is 17.1. The first kappa shape index (κ1) is 22.0.